The summed E-state index contributed by atoms with van der Waals surface area (Å²) in [5.74, 6) is 1.47. The van der Waals surface area contributed by atoms with Gasteiger partial charge in [0.15, 0.2) is 5.76 Å². The first kappa shape index (κ1) is 22.2. The summed E-state index contributed by atoms with van der Waals surface area (Å²) in [7, 11) is 0. The molecule has 0 N–H and O–H groups in total. The molecular formula is C37H22N2O2. The molecule has 0 unspecified atom stereocenters. The van der Waals surface area contributed by atoms with Crippen LogP contribution in [0.5, 0.6) is 0 Å². The Bertz CT molecular complexity index is 2200. The lowest BCUT2D eigenvalue weighted by atomic mass is 10.0. The molecule has 192 valence electrons. The van der Waals surface area contributed by atoms with Crippen molar-refractivity contribution in [1.29, 1.82) is 0 Å². The fourth-order valence-corrected chi connectivity index (χ4v) is 6.24. The third kappa shape index (κ3) is 3.25. The molecule has 4 heteroatoms. The fraction of sp³-hybridized carbons (Fsp3) is 0. The molecule has 0 amide bonds. The molecule has 0 radical (unpaired) electrons. The Morgan fingerprint density at radius 1 is 0.512 bits per heavy atom. The number of hydrogen-bond acceptors (Lipinski definition) is 4. The van der Waals surface area contributed by atoms with Gasteiger partial charge in [-0.05, 0) is 60.0 Å². The average Bonchev–Trinajstić information content (AvgIpc) is 3.71. The first-order chi connectivity index (χ1) is 20.3. The van der Waals surface area contributed by atoms with E-state index in [4.69, 9.17) is 13.8 Å². The topological polar surface area (TPSA) is 42.4 Å². The van der Waals surface area contributed by atoms with E-state index in [0.29, 0.717) is 5.89 Å². The van der Waals surface area contributed by atoms with E-state index in [1.165, 1.54) is 10.8 Å². The monoisotopic (exact) mass is 526 g/mol. The number of para-hydroxylation sites is 2. The molecule has 0 atom stereocenters. The maximum absolute atomic E-state index is 6.41. The highest BCUT2D eigenvalue weighted by Crippen LogP contribution is 2.48. The van der Waals surface area contributed by atoms with Crippen LogP contribution in [0.4, 0.5) is 17.1 Å². The van der Waals surface area contributed by atoms with Gasteiger partial charge in [0.1, 0.15) is 16.9 Å². The Morgan fingerprint density at radius 3 is 2.07 bits per heavy atom. The van der Waals surface area contributed by atoms with E-state index in [9.17, 15) is 0 Å². The number of furan rings is 1. The minimum absolute atomic E-state index is 0.627. The molecule has 0 saturated carbocycles. The van der Waals surface area contributed by atoms with E-state index in [1.54, 1.807) is 0 Å². The Kier molecular flexibility index (Phi) is 4.58. The van der Waals surface area contributed by atoms with Crippen LogP contribution in [0.1, 0.15) is 0 Å². The molecule has 0 aliphatic heterocycles. The summed E-state index contributed by atoms with van der Waals surface area (Å²) in [6, 6.07) is 46.0. The predicted octanol–water partition coefficient (Wildman–Crippen LogP) is 10.5. The second kappa shape index (κ2) is 8.44. The maximum atomic E-state index is 6.41. The summed E-state index contributed by atoms with van der Waals surface area (Å²) in [6.45, 7) is 0. The second-order valence-electron chi connectivity index (χ2n) is 10.4. The number of hydrogen-bond donors (Lipinski definition) is 0. The van der Waals surface area contributed by atoms with Crippen molar-refractivity contribution in [3.63, 3.8) is 0 Å². The van der Waals surface area contributed by atoms with Crippen molar-refractivity contribution in [3.05, 3.63) is 133 Å². The Labute approximate surface area is 235 Å². The minimum Gasteiger partial charge on any atom is -0.456 e. The molecule has 6 aromatic carbocycles. The molecule has 1 aliphatic carbocycles. The largest absolute Gasteiger partial charge is 0.456 e. The maximum Gasteiger partial charge on any atom is 0.227 e. The number of fused-ring (bicyclic) bond motifs is 6. The van der Waals surface area contributed by atoms with Crippen LogP contribution in [-0.4, -0.2) is 4.98 Å². The van der Waals surface area contributed by atoms with E-state index in [0.717, 1.165) is 67.1 Å². The molecule has 1 aliphatic rings. The molecule has 2 heterocycles. The molecule has 4 nitrogen and oxygen atoms in total. The van der Waals surface area contributed by atoms with Crippen molar-refractivity contribution in [3.8, 4) is 34.0 Å². The van der Waals surface area contributed by atoms with Gasteiger partial charge < -0.3 is 13.7 Å². The zero-order chi connectivity index (χ0) is 26.9. The summed E-state index contributed by atoms with van der Waals surface area (Å²) in [6.07, 6.45) is 0. The lowest BCUT2D eigenvalue weighted by Gasteiger charge is -2.26. The van der Waals surface area contributed by atoms with Crippen molar-refractivity contribution in [2.24, 2.45) is 0 Å². The summed E-state index contributed by atoms with van der Waals surface area (Å²) in [5, 5.41) is 4.62. The summed E-state index contributed by atoms with van der Waals surface area (Å²) in [4.78, 5) is 7.25. The zero-order valence-corrected chi connectivity index (χ0v) is 21.9. The van der Waals surface area contributed by atoms with Gasteiger partial charge in [0.25, 0.3) is 0 Å². The van der Waals surface area contributed by atoms with Gasteiger partial charge in [-0.3, -0.25) is 0 Å². The van der Waals surface area contributed by atoms with E-state index >= 15 is 0 Å². The summed E-state index contributed by atoms with van der Waals surface area (Å²) < 4.78 is 12.6. The van der Waals surface area contributed by atoms with Crippen LogP contribution < -0.4 is 4.90 Å². The first-order valence-corrected chi connectivity index (χ1v) is 13.7. The lowest BCUT2D eigenvalue weighted by molar-refractivity contribution is 0.590. The van der Waals surface area contributed by atoms with Gasteiger partial charge in [0.2, 0.25) is 5.89 Å². The highest BCUT2D eigenvalue weighted by atomic mass is 16.4. The summed E-state index contributed by atoms with van der Waals surface area (Å²) >= 11 is 0. The number of anilines is 3. The molecule has 0 saturated heterocycles. The highest BCUT2D eigenvalue weighted by Gasteiger charge is 2.28. The Hall–Kier alpha value is -5.61. The van der Waals surface area contributed by atoms with Crippen LogP contribution in [0.15, 0.2) is 142 Å². The van der Waals surface area contributed by atoms with Crippen molar-refractivity contribution in [2.75, 3.05) is 4.90 Å². The van der Waals surface area contributed by atoms with Gasteiger partial charge in [-0.1, -0.05) is 78.9 Å². The lowest BCUT2D eigenvalue weighted by Crippen LogP contribution is -2.10. The normalized spacial score (nSPS) is 11.9. The first-order valence-electron chi connectivity index (χ1n) is 13.7. The molecule has 0 spiro atoms. The van der Waals surface area contributed by atoms with Crippen LogP contribution in [-0.2, 0) is 0 Å². The number of rotatable bonds is 4. The van der Waals surface area contributed by atoms with Crippen LogP contribution in [0.25, 0.3) is 66.7 Å². The van der Waals surface area contributed by atoms with Gasteiger partial charge in [-0.25, -0.2) is 4.98 Å². The average molecular weight is 527 g/mol. The fourth-order valence-electron chi connectivity index (χ4n) is 6.24. The van der Waals surface area contributed by atoms with E-state index in [-0.39, 0.29) is 0 Å². The summed E-state index contributed by atoms with van der Waals surface area (Å²) in [5.41, 5.74) is 9.01. The van der Waals surface area contributed by atoms with Gasteiger partial charge >= 0.3 is 0 Å². The zero-order valence-electron chi connectivity index (χ0n) is 21.9. The standard InChI is InChI=1S/C37H22N2O2/c1-2-11-25(12-3-1)39(30-16-8-18-32-34(30)27-13-4-5-17-31(27)40-32)26-21-19-24(20-22-26)37-38-35-28-14-6-9-23-10-7-15-29(33(23)28)36(35)41-37/h1-22H. The van der Waals surface area contributed by atoms with Crippen molar-refractivity contribution in [2.45, 2.75) is 0 Å². The van der Waals surface area contributed by atoms with Crippen molar-refractivity contribution < 1.29 is 8.83 Å². The molecular weight excluding hydrogens is 504 g/mol. The molecule has 41 heavy (non-hydrogen) atoms. The third-order valence-corrected chi connectivity index (χ3v) is 8.04. The smallest absolute Gasteiger partial charge is 0.227 e. The quantitative estimate of drug-likeness (QED) is 0.229. The van der Waals surface area contributed by atoms with Gasteiger partial charge in [-0.2, -0.15) is 0 Å². The molecule has 0 fully saturated rings. The highest BCUT2D eigenvalue weighted by molar-refractivity contribution is 6.14. The predicted molar refractivity (Wildman–Crippen MR) is 166 cm³/mol. The minimum atomic E-state index is 0.627. The molecule has 9 rings (SSSR count). The SMILES string of the molecule is c1ccc(N(c2ccc(-c3nc4c(o3)-c3cccc5cccc-4c35)cc2)c2cccc3oc4ccccc4c23)cc1. The molecule has 8 aromatic rings. The number of aromatic nitrogens is 1. The van der Waals surface area contributed by atoms with Gasteiger partial charge in [0.05, 0.1) is 11.1 Å². The van der Waals surface area contributed by atoms with Gasteiger partial charge in [0, 0.05) is 38.8 Å². The van der Waals surface area contributed by atoms with Crippen LogP contribution in [0, 0.1) is 0 Å². The van der Waals surface area contributed by atoms with E-state index in [1.807, 2.05) is 24.3 Å². The number of oxazole rings is 1. The second-order valence-corrected chi connectivity index (χ2v) is 10.4. The van der Waals surface area contributed by atoms with Crippen molar-refractivity contribution in [1.82, 2.24) is 4.98 Å². The molecule has 0 bridgehead atoms. The van der Waals surface area contributed by atoms with E-state index in [2.05, 4.69) is 114 Å². The van der Waals surface area contributed by atoms with Crippen LogP contribution in [0.2, 0.25) is 0 Å². The number of benzene rings is 6. The third-order valence-electron chi connectivity index (χ3n) is 8.04. The van der Waals surface area contributed by atoms with E-state index < -0.39 is 0 Å². The number of nitrogens with zero attached hydrogens (tertiary/aromatic N) is 2. The van der Waals surface area contributed by atoms with Crippen LogP contribution >= 0.6 is 0 Å². The van der Waals surface area contributed by atoms with Crippen molar-refractivity contribution >= 4 is 49.8 Å². The van der Waals surface area contributed by atoms with Gasteiger partial charge in [-0.15, -0.1) is 0 Å². The Morgan fingerprint density at radius 2 is 1.22 bits per heavy atom. The Balaban J connectivity index is 1.17. The molecule has 2 aromatic heterocycles. The van der Waals surface area contributed by atoms with Crippen LogP contribution in [0.3, 0.4) is 0 Å².